The molecule has 0 fully saturated rings. The second-order valence-corrected chi connectivity index (χ2v) is 5.16. The first kappa shape index (κ1) is 14.7. The van der Waals surface area contributed by atoms with Crippen LogP contribution >= 0.6 is 0 Å². The maximum Gasteiger partial charge on any atom is 0.128 e. The molecule has 3 nitrogen and oxygen atoms in total. The van der Waals surface area contributed by atoms with Crippen LogP contribution in [0.5, 0.6) is 0 Å². The monoisotopic (exact) mass is 275 g/mol. The maximum atomic E-state index is 14.0. The van der Waals surface area contributed by atoms with Gasteiger partial charge < -0.3 is 5.32 Å². The fourth-order valence-electron chi connectivity index (χ4n) is 2.23. The van der Waals surface area contributed by atoms with Crippen molar-refractivity contribution in [2.75, 3.05) is 6.54 Å². The predicted molar refractivity (Wildman–Crippen MR) is 79.3 cm³/mol. The Kier molecular flexibility index (Phi) is 4.55. The summed E-state index contributed by atoms with van der Waals surface area (Å²) in [7, 11) is 0. The van der Waals surface area contributed by atoms with E-state index in [0.29, 0.717) is 12.1 Å². The van der Waals surface area contributed by atoms with Crippen LogP contribution in [0, 0.1) is 26.6 Å². The topological polar surface area (TPSA) is 29.9 Å². The zero-order valence-corrected chi connectivity index (χ0v) is 12.6. The minimum absolute atomic E-state index is 0.171. The summed E-state index contributed by atoms with van der Waals surface area (Å²) in [5.41, 5.74) is 5.06. The van der Waals surface area contributed by atoms with Gasteiger partial charge in [-0.05, 0) is 50.6 Å². The van der Waals surface area contributed by atoms with Crippen LogP contribution in [0.4, 0.5) is 4.39 Å². The van der Waals surface area contributed by atoms with Crippen LogP contribution in [-0.2, 0) is 13.1 Å². The molecule has 2 rings (SSSR count). The van der Waals surface area contributed by atoms with Crippen LogP contribution in [0.1, 0.15) is 35.0 Å². The number of nitrogens with zero attached hydrogens (tertiary/aromatic N) is 2. The van der Waals surface area contributed by atoms with Crippen molar-refractivity contribution in [2.24, 2.45) is 0 Å². The molecule has 0 spiro atoms. The lowest BCUT2D eigenvalue weighted by molar-refractivity contribution is 0.576. The molecule has 0 aliphatic carbocycles. The van der Waals surface area contributed by atoms with E-state index in [9.17, 15) is 4.39 Å². The lowest BCUT2D eigenvalue weighted by Crippen LogP contribution is -2.13. The third-order valence-corrected chi connectivity index (χ3v) is 3.75. The fourth-order valence-corrected chi connectivity index (χ4v) is 2.23. The summed E-state index contributed by atoms with van der Waals surface area (Å²) in [6.45, 7) is 10.3. The molecule has 0 bridgehead atoms. The van der Waals surface area contributed by atoms with Crippen molar-refractivity contribution in [2.45, 2.75) is 40.8 Å². The van der Waals surface area contributed by atoms with Gasteiger partial charge >= 0.3 is 0 Å². The summed E-state index contributed by atoms with van der Waals surface area (Å²) in [4.78, 5) is 0. The van der Waals surface area contributed by atoms with E-state index in [1.165, 1.54) is 5.56 Å². The van der Waals surface area contributed by atoms with Gasteiger partial charge in [0.1, 0.15) is 5.82 Å². The minimum atomic E-state index is -0.171. The number of hydrogen-bond donors (Lipinski definition) is 1. The first-order valence-electron chi connectivity index (χ1n) is 7.01. The Bertz CT molecular complexity index is 602. The van der Waals surface area contributed by atoms with Gasteiger partial charge in [0.2, 0.25) is 0 Å². The Morgan fingerprint density at radius 1 is 1.25 bits per heavy atom. The molecule has 1 aromatic heterocycles. The molecular formula is C16H22FN3. The lowest BCUT2D eigenvalue weighted by Gasteiger charge is -2.09. The van der Waals surface area contributed by atoms with Crippen LogP contribution in [0.15, 0.2) is 18.2 Å². The zero-order chi connectivity index (χ0) is 14.7. The molecular weight excluding hydrogens is 253 g/mol. The summed E-state index contributed by atoms with van der Waals surface area (Å²) in [5.74, 6) is -0.171. The highest BCUT2D eigenvalue weighted by atomic mass is 19.1. The van der Waals surface area contributed by atoms with Gasteiger partial charge in [-0.1, -0.05) is 13.0 Å². The van der Waals surface area contributed by atoms with Gasteiger partial charge in [-0.2, -0.15) is 5.10 Å². The van der Waals surface area contributed by atoms with E-state index in [0.717, 1.165) is 30.0 Å². The molecule has 20 heavy (non-hydrogen) atoms. The summed E-state index contributed by atoms with van der Waals surface area (Å²) >= 11 is 0. The molecule has 0 saturated heterocycles. The number of nitrogens with one attached hydrogen (secondary N) is 1. The van der Waals surface area contributed by atoms with Crippen molar-refractivity contribution >= 4 is 0 Å². The van der Waals surface area contributed by atoms with E-state index in [-0.39, 0.29) is 5.82 Å². The van der Waals surface area contributed by atoms with Crippen LogP contribution < -0.4 is 5.32 Å². The van der Waals surface area contributed by atoms with Crippen molar-refractivity contribution in [1.29, 1.82) is 0 Å². The van der Waals surface area contributed by atoms with E-state index >= 15 is 0 Å². The highest BCUT2D eigenvalue weighted by molar-refractivity contribution is 5.27. The molecule has 0 saturated carbocycles. The van der Waals surface area contributed by atoms with Crippen LogP contribution in [-0.4, -0.2) is 16.3 Å². The largest absolute Gasteiger partial charge is 0.313 e. The summed E-state index contributed by atoms with van der Waals surface area (Å²) in [5, 5.41) is 7.73. The molecule has 2 aromatic rings. The molecule has 0 unspecified atom stereocenters. The smallest absolute Gasteiger partial charge is 0.128 e. The number of benzene rings is 1. The summed E-state index contributed by atoms with van der Waals surface area (Å²) in [6, 6.07) is 5.29. The first-order valence-corrected chi connectivity index (χ1v) is 7.01. The Balaban J connectivity index is 2.25. The second kappa shape index (κ2) is 6.18. The molecule has 0 aliphatic rings. The number of aromatic nitrogens is 2. The molecule has 0 amide bonds. The molecule has 1 N–H and O–H groups in total. The van der Waals surface area contributed by atoms with Crippen LogP contribution in [0.3, 0.4) is 0 Å². The van der Waals surface area contributed by atoms with Crippen molar-refractivity contribution < 1.29 is 4.39 Å². The van der Waals surface area contributed by atoms with E-state index in [2.05, 4.69) is 17.3 Å². The van der Waals surface area contributed by atoms with Gasteiger partial charge in [0.15, 0.2) is 0 Å². The van der Waals surface area contributed by atoms with Crippen LogP contribution in [0.2, 0.25) is 0 Å². The van der Waals surface area contributed by atoms with E-state index in [4.69, 9.17) is 0 Å². The molecule has 0 aliphatic heterocycles. The molecule has 0 radical (unpaired) electrons. The Hall–Kier alpha value is -1.68. The van der Waals surface area contributed by atoms with Gasteiger partial charge in [0.05, 0.1) is 12.2 Å². The Morgan fingerprint density at radius 2 is 2.00 bits per heavy atom. The minimum Gasteiger partial charge on any atom is -0.313 e. The van der Waals surface area contributed by atoms with Gasteiger partial charge in [0.25, 0.3) is 0 Å². The standard InChI is InChI=1S/C16H22FN3/c1-5-18-9-14-6-7-16(17)15(8-14)10-20-13(4)11(2)12(3)19-20/h6-8,18H,5,9-10H2,1-4H3. The zero-order valence-electron chi connectivity index (χ0n) is 12.6. The summed E-state index contributed by atoms with van der Waals surface area (Å²) < 4.78 is 15.8. The molecule has 0 atom stereocenters. The molecule has 1 aromatic carbocycles. The Morgan fingerprint density at radius 3 is 2.60 bits per heavy atom. The number of rotatable bonds is 5. The van der Waals surface area contributed by atoms with Gasteiger partial charge in [-0.15, -0.1) is 0 Å². The van der Waals surface area contributed by atoms with E-state index in [1.54, 1.807) is 6.07 Å². The first-order chi connectivity index (χ1) is 9.52. The van der Waals surface area contributed by atoms with Gasteiger partial charge in [0, 0.05) is 17.8 Å². The van der Waals surface area contributed by atoms with Crippen LogP contribution in [0.25, 0.3) is 0 Å². The third-order valence-electron chi connectivity index (χ3n) is 3.75. The van der Waals surface area contributed by atoms with Gasteiger partial charge in [-0.3, -0.25) is 4.68 Å². The Labute approximate surface area is 119 Å². The molecule has 108 valence electrons. The van der Waals surface area contributed by atoms with Crippen molar-refractivity contribution in [1.82, 2.24) is 15.1 Å². The number of hydrogen-bond acceptors (Lipinski definition) is 2. The normalized spacial score (nSPS) is 11.1. The van der Waals surface area contributed by atoms with E-state index < -0.39 is 0 Å². The van der Waals surface area contributed by atoms with Crippen molar-refractivity contribution in [3.63, 3.8) is 0 Å². The summed E-state index contributed by atoms with van der Waals surface area (Å²) in [6.07, 6.45) is 0. The fraction of sp³-hybridized carbons (Fsp3) is 0.438. The quantitative estimate of drug-likeness (QED) is 0.908. The highest BCUT2D eigenvalue weighted by Crippen LogP contribution is 2.16. The SMILES string of the molecule is CCNCc1ccc(F)c(Cn2nc(C)c(C)c2C)c1. The number of halogens is 1. The lowest BCUT2D eigenvalue weighted by atomic mass is 10.1. The predicted octanol–water partition coefficient (Wildman–Crippen LogP) is 3.11. The highest BCUT2D eigenvalue weighted by Gasteiger charge is 2.10. The average molecular weight is 275 g/mol. The van der Waals surface area contributed by atoms with Crippen molar-refractivity contribution in [3.8, 4) is 0 Å². The third kappa shape index (κ3) is 3.07. The van der Waals surface area contributed by atoms with E-state index in [1.807, 2.05) is 37.6 Å². The number of aryl methyl sites for hydroxylation is 1. The average Bonchev–Trinajstić information content (AvgIpc) is 2.67. The van der Waals surface area contributed by atoms with Gasteiger partial charge in [-0.25, -0.2) is 4.39 Å². The second-order valence-electron chi connectivity index (χ2n) is 5.16. The molecule has 1 heterocycles. The van der Waals surface area contributed by atoms with Crippen molar-refractivity contribution in [3.05, 3.63) is 52.1 Å². The molecule has 4 heteroatoms. The maximum absolute atomic E-state index is 14.0.